The zero-order chi connectivity index (χ0) is 21.6. The van der Waals surface area contributed by atoms with Crippen LogP contribution >= 0.6 is 60.0 Å². The third kappa shape index (κ3) is 4.49. The normalized spacial score (nSPS) is 13.0. The summed E-state index contributed by atoms with van der Waals surface area (Å²) in [4.78, 5) is 0.377. The van der Waals surface area contributed by atoms with Crippen LogP contribution in [0, 0.1) is 7.14 Å². The summed E-state index contributed by atoms with van der Waals surface area (Å²) in [5.74, 6) is -0.332. The van der Waals surface area contributed by atoms with Crippen LogP contribution in [0.3, 0.4) is 0 Å². The lowest BCUT2D eigenvalue weighted by atomic mass is 9.93. The lowest BCUT2D eigenvalue weighted by Gasteiger charge is -2.19. The van der Waals surface area contributed by atoms with E-state index in [-0.39, 0.29) is 11.3 Å². The monoisotopic (exact) mass is 716 g/mol. The van der Waals surface area contributed by atoms with Crippen LogP contribution < -0.4 is 4.74 Å². The number of hydrogen-bond acceptors (Lipinski definition) is 2. The van der Waals surface area contributed by atoms with Crippen molar-refractivity contribution in [2.75, 3.05) is 0 Å². The topological polar surface area (TPSA) is 26.3 Å². The van der Waals surface area contributed by atoms with Gasteiger partial charge in [0.05, 0.1) is 4.90 Å². The quantitative estimate of drug-likeness (QED) is 0.158. The molecule has 4 aromatic carbocycles. The first-order valence-corrected chi connectivity index (χ1v) is 13.6. The van der Waals surface area contributed by atoms with Gasteiger partial charge in [0.1, 0.15) is 15.0 Å². The van der Waals surface area contributed by atoms with Gasteiger partial charge in [0, 0.05) is 33.1 Å². The highest BCUT2D eigenvalue weighted by molar-refractivity contribution is 14.1. The molecule has 0 fully saturated rings. The van der Waals surface area contributed by atoms with Crippen molar-refractivity contribution in [1.82, 2.24) is 0 Å². The predicted octanol–water partition coefficient (Wildman–Crippen LogP) is 8.19. The van der Waals surface area contributed by atoms with Gasteiger partial charge in [-0.2, -0.15) is 0 Å². The fraction of sp³-hybridized carbons (Fsp3) is 0.0476. The van der Waals surface area contributed by atoms with Gasteiger partial charge in [-0.05, 0) is 103 Å². The molecule has 0 amide bonds. The second-order valence-electron chi connectivity index (χ2n) is 6.38. The standard InChI is InChI=1S/C21H10BrF3I2O2S/c22-30(28)18-8-2-12-10-14(27)4-6-16(12)20(18)19-15-5-3-13(26)9-11(15)1-7-17(19)29-21(23,24)25/h1-10H. The molecule has 154 valence electrons. The summed E-state index contributed by atoms with van der Waals surface area (Å²) >= 11 is 7.43. The second-order valence-corrected chi connectivity index (χ2v) is 11.5. The van der Waals surface area contributed by atoms with E-state index in [0.717, 1.165) is 17.9 Å². The molecule has 0 aromatic heterocycles. The van der Waals surface area contributed by atoms with Gasteiger partial charge in [-0.3, -0.25) is 0 Å². The van der Waals surface area contributed by atoms with E-state index in [2.05, 4.69) is 64.7 Å². The Bertz CT molecular complexity index is 1330. The molecule has 0 saturated carbocycles. The molecule has 2 nitrogen and oxygen atoms in total. The lowest BCUT2D eigenvalue weighted by molar-refractivity contribution is -0.274. The minimum Gasteiger partial charge on any atom is -0.405 e. The van der Waals surface area contributed by atoms with Crippen molar-refractivity contribution in [3.63, 3.8) is 0 Å². The molecular formula is C21H10BrF3I2O2S. The fourth-order valence-corrected chi connectivity index (χ4v) is 5.81. The molecule has 30 heavy (non-hydrogen) atoms. The summed E-state index contributed by atoms with van der Waals surface area (Å²) < 4.78 is 58.6. The summed E-state index contributed by atoms with van der Waals surface area (Å²) in [5, 5.41) is 2.88. The SMILES string of the molecule is O=S(Br)c1ccc2cc(I)ccc2c1-c1c(OC(F)(F)F)ccc2cc(I)ccc12. The van der Waals surface area contributed by atoms with Crippen LogP contribution in [0.25, 0.3) is 32.7 Å². The summed E-state index contributed by atoms with van der Waals surface area (Å²) in [6, 6.07) is 17.5. The fourth-order valence-electron chi connectivity index (χ4n) is 3.42. The summed E-state index contributed by atoms with van der Waals surface area (Å²) in [5.41, 5.74) is 0.709. The maximum Gasteiger partial charge on any atom is 0.573 e. The Morgan fingerprint density at radius 1 is 0.800 bits per heavy atom. The number of hydrogen-bond donors (Lipinski definition) is 0. The first kappa shape index (κ1) is 22.3. The highest BCUT2D eigenvalue weighted by atomic mass is 127. The molecule has 0 aliphatic rings. The zero-order valence-electron chi connectivity index (χ0n) is 14.8. The largest absolute Gasteiger partial charge is 0.573 e. The van der Waals surface area contributed by atoms with Gasteiger partial charge in [-0.25, -0.2) is 4.21 Å². The van der Waals surface area contributed by atoms with Gasteiger partial charge < -0.3 is 4.74 Å². The Morgan fingerprint density at radius 3 is 1.87 bits per heavy atom. The average Bonchev–Trinajstić information content (AvgIpc) is 2.65. The van der Waals surface area contributed by atoms with Crippen LogP contribution in [0.2, 0.25) is 0 Å². The van der Waals surface area contributed by atoms with Crippen molar-refractivity contribution in [2.24, 2.45) is 0 Å². The van der Waals surface area contributed by atoms with Crippen LogP contribution in [0.1, 0.15) is 0 Å². The smallest absolute Gasteiger partial charge is 0.405 e. The van der Waals surface area contributed by atoms with Crippen molar-refractivity contribution >= 4 is 90.8 Å². The molecule has 9 heteroatoms. The molecule has 0 radical (unpaired) electrons. The molecular weight excluding hydrogens is 707 g/mol. The minimum absolute atomic E-state index is 0.260. The number of alkyl halides is 3. The highest BCUT2D eigenvalue weighted by Gasteiger charge is 2.33. The molecule has 4 aromatic rings. The summed E-state index contributed by atoms with van der Waals surface area (Å²) in [6.45, 7) is 0. The van der Waals surface area contributed by atoms with Crippen molar-refractivity contribution in [3.05, 3.63) is 67.8 Å². The zero-order valence-corrected chi connectivity index (χ0v) is 21.5. The van der Waals surface area contributed by atoms with Gasteiger partial charge in [0.15, 0.2) is 0 Å². The highest BCUT2D eigenvalue weighted by Crippen LogP contribution is 2.45. The Hall–Kier alpha value is -0.920. The third-order valence-corrected chi connectivity index (χ3v) is 7.61. The second kappa shape index (κ2) is 8.55. The van der Waals surface area contributed by atoms with Gasteiger partial charge in [-0.15, -0.1) is 13.2 Å². The molecule has 1 atom stereocenters. The van der Waals surface area contributed by atoms with Crippen LogP contribution in [-0.4, -0.2) is 10.6 Å². The lowest BCUT2D eigenvalue weighted by Crippen LogP contribution is -2.17. The maximum atomic E-state index is 13.2. The molecule has 0 bridgehead atoms. The van der Waals surface area contributed by atoms with Crippen LogP contribution in [0.5, 0.6) is 5.75 Å². The Morgan fingerprint density at radius 2 is 1.33 bits per heavy atom. The Kier molecular flexibility index (Phi) is 6.35. The van der Waals surface area contributed by atoms with Crippen molar-refractivity contribution in [3.8, 4) is 16.9 Å². The number of benzene rings is 4. The van der Waals surface area contributed by atoms with Crippen molar-refractivity contribution in [1.29, 1.82) is 0 Å². The summed E-state index contributed by atoms with van der Waals surface area (Å²) in [7, 11) is -1.61. The Labute approximate surface area is 207 Å². The van der Waals surface area contributed by atoms with E-state index in [1.54, 1.807) is 18.2 Å². The van der Waals surface area contributed by atoms with Gasteiger partial charge in [0.25, 0.3) is 0 Å². The average molecular weight is 717 g/mol. The van der Waals surface area contributed by atoms with E-state index in [0.29, 0.717) is 21.2 Å². The first-order chi connectivity index (χ1) is 14.1. The number of halogens is 6. The number of rotatable bonds is 3. The summed E-state index contributed by atoms with van der Waals surface area (Å²) in [6.07, 6.45) is -4.86. The van der Waals surface area contributed by atoms with Crippen molar-refractivity contribution in [2.45, 2.75) is 11.3 Å². The van der Waals surface area contributed by atoms with Gasteiger partial charge in [0.2, 0.25) is 0 Å². The van der Waals surface area contributed by atoms with Crippen LogP contribution in [0.4, 0.5) is 13.2 Å². The van der Waals surface area contributed by atoms with E-state index >= 15 is 0 Å². The molecule has 0 N–H and O–H groups in total. The van der Waals surface area contributed by atoms with Gasteiger partial charge in [-0.1, -0.05) is 24.3 Å². The number of fused-ring (bicyclic) bond motifs is 2. The van der Waals surface area contributed by atoms with Gasteiger partial charge >= 0.3 is 6.36 Å². The minimum atomic E-state index is -4.86. The molecule has 0 spiro atoms. The van der Waals surface area contributed by atoms with Crippen LogP contribution in [-0.2, 0) is 9.23 Å². The van der Waals surface area contributed by atoms with E-state index in [9.17, 15) is 17.4 Å². The molecule has 0 aliphatic heterocycles. The van der Waals surface area contributed by atoms with E-state index < -0.39 is 15.6 Å². The van der Waals surface area contributed by atoms with E-state index in [4.69, 9.17) is 0 Å². The first-order valence-electron chi connectivity index (χ1n) is 8.43. The maximum absolute atomic E-state index is 13.2. The van der Waals surface area contributed by atoms with Crippen LogP contribution in [0.15, 0.2) is 65.6 Å². The molecule has 0 saturated heterocycles. The molecule has 0 heterocycles. The van der Waals surface area contributed by atoms with E-state index in [1.807, 2.05) is 36.4 Å². The van der Waals surface area contributed by atoms with E-state index in [1.165, 1.54) is 6.07 Å². The number of ether oxygens (including phenoxy) is 1. The molecule has 1 unspecified atom stereocenters. The Balaban J connectivity index is 2.19. The molecule has 4 rings (SSSR count). The molecule has 0 aliphatic carbocycles. The predicted molar refractivity (Wildman–Crippen MR) is 134 cm³/mol. The third-order valence-electron chi connectivity index (χ3n) is 4.54. The van der Waals surface area contributed by atoms with Crippen molar-refractivity contribution < 1.29 is 22.1 Å².